The quantitative estimate of drug-likeness (QED) is 0.893. The van der Waals surface area contributed by atoms with Crippen LogP contribution in [0.1, 0.15) is 31.2 Å². The van der Waals surface area contributed by atoms with E-state index in [1.807, 2.05) is 12.1 Å². The summed E-state index contributed by atoms with van der Waals surface area (Å²) in [5, 5.41) is 12.1. The highest BCUT2D eigenvalue weighted by atomic mass is 79.9. The van der Waals surface area contributed by atoms with E-state index in [1.54, 1.807) is 11.3 Å². The second kappa shape index (κ2) is 5.19. The number of carboxylic acid groups (broad SMARTS) is 1. The van der Waals surface area contributed by atoms with Crippen molar-refractivity contribution in [3.8, 4) is 0 Å². The highest BCUT2D eigenvalue weighted by Gasteiger charge is 2.13. The van der Waals surface area contributed by atoms with Crippen LogP contribution in [0, 0.1) is 0 Å². The minimum absolute atomic E-state index is 0.229. The Morgan fingerprint density at radius 2 is 2.29 bits per heavy atom. The van der Waals surface area contributed by atoms with Gasteiger partial charge in [-0.3, -0.25) is 4.79 Å². The molecule has 0 aliphatic carbocycles. The fraction of sp³-hybridized carbons (Fsp3) is 0.308. The van der Waals surface area contributed by atoms with Crippen LogP contribution in [0.4, 0.5) is 0 Å². The third kappa shape index (κ3) is 2.69. The first-order chi connectivity index (χ1) is 8.09. The molecule has 0 bridgehead atoms. The van der Waals surface area contributed by atoms with E-state index in [9.17, 15) is 4.79 Å². The van der Waals surface area contributed by atoms with Gasteiger partial charge in [0.25, 0.3) is 0 Å². The number of benzene rings is 1. The molecular weight excluding hydrogens is 300 g/mol. The summed E-state index contributed by atoms with van der Waals surface area (Å²) in [6, 6.07) is 6.15. The lowest BCUT2D eigenvalue weighted by Gasteiger charge is -2.09. The molecule has 1 heterocycles. The van der Waals surface area contributed by atoms with E-state index >= 15 is 0 Å². The van der Waals surface area contributed by atoms with E-state index < -0.39 is 5.97 Å². The van der Waals surface area contributed by atoms with Gasteiger partial charge in [-0.25, -0.2) is 0 Å². The second-order valence-corrected chi connectivity index (χ2v) is 5.88. The van der Waals surface area contributed by atoms with Crippen LogP contribution in [-0.4, -0.2) is 11.1 Å². The molecule has 17 heavy (non-hydrogen) atoms. The molecule has 1 aromatic carbocycles. The maximum absolute atomic E-state index is 10.6. The van der Waals surface area contributed by atoms with Crippen LogP contribution in [0.5, 0.6) is 0 Å². The molecule has 0 saturated heterocycles. The van der Waals surface area contributed by atoms with Gasteiger partial charge in [-0.2, -0.15) is 0 Å². The molecule has 90 valence electrons. The number of hydrogen-bond acceptors (Lipinski definition) is 2. The summed E-state index contributed by atoms with van der Waals surface area (Å²) >= 11 is 5.25. The van der Waals surface area contributed by atoms with Gasteiger partial charge in [0.15, 0.2) is 0 Å². The molecule has 0 amide bonds. The first-order valence-corrected chi connectivity index (χ1v) is 7.14. The van der Waals surface area contributed by atoms with Crippen molar-refractivity contribution in [3.05, 3.63) is 33.6 Å². The Kier molecular flexibility index (Phi) is 3.84. The molecule has 1 unspecified atom stereocenters. The molecule has 1 aromatic heterocycles. The summed E-state index contributed by atoms with van der Waals surface area (Å²) in [4.78, 5) is 10.6. The van der Waals surface area contributed by atoms with Crippen LogP contribution in [-0.2, 0) is 4.79 Å². The van der Waals surface area contributed by atoms with Gasteiger partial charge in [-0.05, 0) is 50.7 Å². The summed E-state index contributed by atoms with van der Waals surface area (Å²) in [5.41, 5.74) is 1.26. The van der Waals surface area contributed by atoms with Crippen molar-refractivity contribution in [2.75, 3.05) is 0 Å². The molecule has 0 spiro atoms. The molecule has 0 aliphatic rings. The number of carboxylic acids is 1. The van der Waals surface area contributed by atoms with Gasteiger partial charge < -0.3 is 5.11 Å². The molecule has 2 rings (SSSR count). The van der Waals surface area contributed by atoms with Crippen molar-refractivity contribution in [3.63, 3.8) is 0 Å². The fourth-order valence-electron chi connectivity index (χ4n) is 1.92. The zero-order valence-corrected chi connectivity index (χ0v) is 11.8. The lowest BCUT2D eigenvalue weighted by atomic mass is 9.96. The zero-order chi connectivity index (χ0) is 12.4. The van der Waals surface area contributed by atoms with Crippen LogP contribution in [0.15, 0.2) is 28.1 Å². The largest absolute Gasteiger partial charge is 0.481 e. The Morgan fingerprint density at radius 3 is 3.00 bits per heavy atom. The van der Waals surface area contributed by atoms with Crippen LogP contribution in [0.25, 0.3) is 10.1 Å². The summed E-state index contributed by atoms with van der Waals surface area (Å²) in [6.07, 6.45) is 0.917. The topological polar surface area (TPSA) is 37.3 Å². The van der Waals surface area contributed by atoms with Gasteiger partial charge in [-0.1, -0.05) is 19.1 Å². The number of hydrogen-bond donors (Lipinski definition) is 1. The molecule has 2 nitrogen and oxygen atoms in total. The third-order valence-corrected chi connectivity index (χ3v) is 4.87. The zero-order valence-electron chi connectivity index (χ0n) is 9.44. The summed E-state index contributed by atoms with van der Waals surface area (Å²) in [5.74, 6) is -0.438. The third-order valence-electron chi connectivity index (χ3n) is 2.90. The maximum atomic E-state index is 10.6. The molecule has 0 aliphatic heterocycles. The van der Waals surface area contributed by atoms with E-state index in [1.165, 1.54) is 15.6 Å². The second-order valence-electron chi connectivity index (χ2n) is 4.14. The Morgan fingerprint density at radius 1 is 1.53 bits per heavy atom. The van der Waals surface area contributed by atoms with Crippen molar-refractivity contribution in [2.45, 2.75) is 25.7 Å². The molecule has 2 aromatic rings. The summed E-state index contributed by atoms with van der Waals surface area (Å²) < 4.78 is 2.35. The maximum Gasteiger partial charge on any atom is 0.303 e. The average Bonchev–Trinajstić information content (AvgIpc) is 2.71. The smallest absolute Gasteiger partial charge is 0.303 e. The highest BCUT2D eigenvalue weighted by molar-refractivity contribution is 9.10. The van der Waals surface area contributed by atoms with Gasteiger partial charge in [0.1, 0.15) is 0 Å². The first-order valence-electron chi connectivity index (χ1n) is 5.47. The Labute approximate surface area is 112 Å². The van der Waals surface area contributed by atoms with E-state index in [0.29, 0.717) is 6.42 Å². The van der Waals surface area contributed by atoms with Gasteiger partial charge >= 0.3 is 5.97 Å². The summed E-state index contributed by atoms with van der Waals surface area (Å²) in [7, 11) is 0. The first kappa shape index (κ1) is 12.6. The molecule has 1 atom stereocenters. The standard InChI is InChI=1S/C13H13BrO2S/c1-8(5-6-12(15)16)10-7-17-13-9(10)3-2-4-11(13)14/h2-4,7-8H,5-6H2,1H3,(H,15,16). The van der Waals surface area contributed by atoms with Gasteiger partial charge in [0.05, 0.1) is 0 Å². The van der Waals surface area contributed by atoms with Crippen molar-refractivity contribution < 1.29 is 9.90 Å². The minimum Gasteiger partial charge on any atom is -0.481 e. The van der Waals surface area contributed by atoms with Crippen molar-refractivity contribution in [2.24, 2.45) is 0 Å². The number of halogens is 1. The Balaban J connectivity index is 2.29. The van der Waals surface area contributed by atoms with Crippen LogP contribution in [0.2, 0.25) is 0 Å². The SMILES string of the molecule is CC(CCC(=O)O)c1csc2c(Br)cccc12. The van der Waals surface area contributed by atoms with Crippen LogP contribution in [0.3, 0.4) is 0 Å². The van der Waals surface area contributed by atoms with E-state index in [4.69, 9.17) is 5.11 Å². The lowest BCUT2D eigenvalue weighted by Crippen LogP contribution is -1.99. The monoisotopic (exact) mass is 312 g/mol. The Hall–Kier alpha value is -0.870. The van der Waals surface area contributed by atoms with Gasteiger partial charge in [-0.15, -0.1) is 11.3 Å². The number of carbonyl (C=O) groups is 1. The minimum atomic E-state index is -0.724. The summed E-state index contributed by atoms with van der Waals surface area (Å²) in [6.45, 7) is 2.09. The molecule has 0 radical (unpaired) electrons. The van der Waals surface area contributed by atoms with Gasteiger partial charge in [0.2, 0.25) is 0 Å². The van der Waals surface area contributed by atoms with Crippen LogP contribution < -0.4 is 0 Å². The number of rotatable bonds is 4. The number of thiophene rings is 1. The molecule has 0 fully saturated rings. The van der Waals surface area contributed by atoms with E-state index in [0.717, 1.165) is 4.47 Å². The number of fused-ring (bicyclic) bond motifs is 1. The Bertz CT molecular complexity index is 547. The normalized spacial score (nSPS) is 12.8. The van der Waals surface area contributed by atoms with Gasteiger partial charge in [0, 0.05) is 15.6 Å². The molecule has 0 saturated carbocycles. The average molecular weight is 313 g/mol. The molecule has 4 heteroatoms. The molecular formula is C13H13BrO2S. The molecule has 1 N–H and O–H groups in total. The van der Waals surface area contributed by atoms with Crippen LogP contribution >= 0.6 is 27.3 Å². The number of aliphatic carboxylic acids is 1. The van der Waals surface area contributed by atoms with E-state index in [-0.39, 0.29) is 12.3 Å². The van der Waals surface area contributed by atoms with Crippen molar-refractivity contribution in [1.29, 1.82) is 0 Å². The predicted molar refractivity (Wildman–Crippen MR) is 74.8 cm³/mol. The lowest BCUT2D eigenvalue weighted by molar-refractivity contribution is -0.137. The van der Waals surface area contributed by atoms with Crippen molar-refractivity contribution in [1.82, 2.24) is 0 Å². The van der Waals surface area contributed by atoms with E-state index in [2.05, 4.69) is 34.3 Å². The predicted octanol–water partition coefficient (Wildman–Crippen LogP) is 4.63. The fourth-order valence-corrected chi connectivity index (χ4v) is 3.66. The van der Waals surface area contributed by atoms with Crippen molar-refractivity contribution >= 4 is 43.3 Å². The highest BCUT2D eigenvalue weighted by Crippen LogP contribution is 2.36.